The molecule has 0 bridgehead atoms. The normalized spacial score (nSPS) is 12.8. The molecule has 3 rings (SSSR count). The smallest absolute Gasteiger partial charge is 0.238 e. The van der Waals surface area contributed by atoms with Gasteiger partial charge in [0, 0.05) is 11.6 Å². The van der Waals surface area contributed by atoms with Crippen molar-refractivity contribution < 1.29 is 21.9 Å². The largest absolute Gasteiger partial charge is 0.493 e. The molecule has 9 nitrogen and oxygen atoms in total. The molecule has 136 valence electrons. The van der Waals surface area contributed by atoms with E-state index in [2.05, 4.69) is 15.2 Å². The summed E-state index contributed by atoms with van der Waals surface area (Å²) in [6, 6.07) is 9.68. The van der Waals surface area contributed by atoms with Crippen molar-refractivity contribution in [2.24, 2.45) is 15.4 Å². The maximum absolute atomic E-state index is 11.7. The summed E-state index contributed by atoms with van der Waals surface area (Å²) in [6.45, 7) is 0. The van der Waals surface area contributed by atoms with Gasteiger partial charge in [-0.2, -0.15) is 5.11 Å². The fourth-order valence-corrected chi connectivity index (χ4v) is 3.45. The van der Waals surface area contributed by atoms with Gasteiger partial charge in [-0.05, 0) is 42.5 Å². The Balaban J connectivity index is 2.02. The fourth-order valence-electron chi connectivity index (χ4n) is 2.28. The molecule has 11 heteroatoms. The number of sulfone groups is 1. The van der Waals surface area contributed by atoms with E-state index in [1.165, 1.54) is 42.5 Å². The lowest BCUT2D eigenvalue weighted by molar-refractivity contribution is 0.459. The highest BCUT2D eigenvalue weighted by Gasteiger charge is 2.15. The van der Waals surface area contributed by atoms with Crippen LogP contribution < -0.4 is 5.14 Å². The lowest BCUT2D eigenvalue weighted by Crippen LogP contribution is -2.11. The van der Waals surface area contributed by atoms with E-state index in [0.717, 1.165) is 6.26 Å². The molecule has 3 aromatic rings. The van der Waals surface area contributed by atoms with Crippen LogP contribution in [0.2, 0.25) is 0 Å². The number of benzene rings is 2. The second-order valence-corrected chi connectivity index (χ2v) is 9.12. The second kappa shape index (κ2) is 6.20. The number of aromatic nitrogens is 1. The number of sulfonamides is 1. The number of hydrogen-bond donors (Lipinski definition) is 3. The van der Waals surface area contributed by atoms with Gasteiger partial charge < -0.3 is 10.1 Å². The van der Waals surface area contributed by atoms with Crippen molar-refractivity contribution in [3.63, 3.8) is 0 Å². The summed E-state index contributed by atoms with van der Waals surface area (Å²) in [6.07, 6.45) is 1.08. The van der Waals surface area contributed by atoms with Crippen molar-refractivity contribution in [3.05, 3.63) is 42.5 Å². The number of azo groups is 1. The van der Waals surface area contributed by atoms with Crippen LogP contribution in [0.5, 0.6) is 5.88 Å². The van der Waals surface area contributed by atoms with Crippen molar-refractivity contribution in [2.45, 2.75) is 9.79 Å². The number of nitrogens with one attached hydrogen (secondary N) is 1. The molecule has 26 heavy (non-hydrogen) atoms. The van der Waals surface area contributed by atoms with E-state index in [4.69, 9.17) is 5.14 Å². The molecule has 4 N–H and O–H groups in total. The lowest BCUT2D eigenvalue weighted by Gasteiger charge is -1.99. The third-order valence-electron chi connectivity index (χ3n) is 3.58. The van der Waals surface area contributed by atoms with Crippen LogP contribution in [0.25, 0.3) is 10.9 Å². The Hall–Kier alpha value is -2.76. The maximum Gasteiger partial charge on any atom is 0.238 e. The van der Waals surface area contributed by atoms with Gasteiger partial charge in [0.1, 0.15) is 0 Å². The predicted molar refractivity (Wildman–Crippen MR) is 95.1 cm³/mol. The summed E-state index contributed by atoms with van der Waals surface area (Å²) in [7, 11) is -7.23. The molecule has 0 saturated heterocycles. The third-order valence-corrected chi connectivity index (χ3v) is 5.62. The zero-order valence-electron chi connectivity index (χ0n) is 13.4. The number of aromatic hydroxyl groups is 1. The van der Waals surface area contributed by atoms with Crippen LogP contribution in [-0.2, 0) is 19.9 Å². The minimum absolute atomic E-state index is 0.0656. The van der Waals surface area contributed by atoms with Crippen molar-refractivity contribution >= 4 is 42.1 Å². The van der Waals surface area contributed by atoms with Gasteiger partial charge in [-0.3, -0.25) is 0 Å². The Kier molecular flexibility index (Phi) is 4.30. The molecule has 0 unspecified atom stereocenters. The molecule has 0 amide bonds. The molecule has 0 saturated carbocycles. The molecule has 2 aromatic carbocycles. The van der Waals surface area contributed by atoms with Crippen molar-refractivity contribution in [3.8, 4) is 5.88 Å². The van der Waals surface area contributed by atoms with E-state index < -0.39 is 19.9 Å². The van der Waals surface area contributed by atoms with Crippen LogP contribution in [0.15, 0.2) is 62.5 Å². The molecule has 0 spiro atoms. The van der Waals surface area contributed by atoms with Crippen LogP contribution >= 0.6 is 0 Å². The molecule has 0 fully saturated rings. The average molecular weight is 394 g/mol. The minimum atomic E-state index is -3.81. The summed E-state index contributed by atoms with van der Waals surface area (Å²) >= 11 is 0. The number of nitrogens with zero attached hydrogens (tertiary/aromatic N) is 2. The van der Waals surface area contributed by atoms with Crippen molar-refractivity contribution in [1.82, 2.24) is 4.98 Å². The van der Waals surface area contributed by atoms with Gasteiger partial charge in [0.05, 0.1) is 21.0 Å². The molecule has 0 aliphatic carbocycles. The van der Waals surface area contributed by atoms with Gasteiger partial charge in [-0.1, -0.05) is 0 Å². The zero-order valence-corrected chi connectivity index (χ0v) is 15.0. The second-order valence-electron chi connectivity index (χ2n) is 5.54. The van der Waals surface area contributed by atoms with Crippen LogP contribution in [0.3, 0.4) is 0 Å². The first kappa shape index (κ1) is 18.0. The Morgan fingerprint density at radius 1 is 0.962 bits per heavy atom. The van der Waals surface area contributed by atoms with Crippen LogP contribution in [0.4, 0.5) is 11.4 Å². The quantitative estimate of drug-likeness (QED) is 0.579. The molecule has 0 radical (unpaired) electrons. The lowest BCUT2D eigenvalue weighted by atomic mass is 10.2. The molecule has 1 aromatic heterocycles. The number of primary sulfonamides is 1. The molecule has 1 heterocycles. The third kappa shape index (κ3) is 3.59. The summed E-state index contributed by atoms with van der Waals surface area (Å²) in [5.74, 6) is -0.268. The Morgan fingerprint density at radius 2 is 1.58 bits per heavy atom. The number of fused-ring (bicyclic) bond motifs is 1. The Labute approximate surface area is 149 Å². The zero-order chi connectivity index (χ0) is 19.1. The number of aromatic amines is 1. The first-order chi connectivity index (χ1) is 12.1. The maximum atomic E-state index is 11.7. The van der Waals surface area contributed by atoms with E-state index >= 15 is 0 Å². The Morgan fingerprint density at radius 3 is 2.15 bits per heavy atom. The standard InChI is InChI=1S/C15H14N4O5S2/c1-25(21,22)11-6-7-13-12(8-11)14(15(20)17-13)19-18-9-2-4-10(5-3-9)26(16,23)24/h2-8,17,20H,1H3,(H2,16,23,24). The van der Waals surface area contributed by atoms with E-state index in [1.807, 2.05) is 0 Å². The Bertz CT molecular complexity index is 1230. The molecular formula is C15H14N4O5S2. The summed E-state index contributed by atoms with van der Waals surface area (Å²) in [4.78, 5) is 2.70. The van der Waals surface area contributed by atoms with E-state index in [0.29, 0.717) is 16.6 Å². The highest BCUT2D eigenvalue weighted by Crippen LogP contribution is 2.37. The molecule has 0 aliphatic heterocycles. The summed E-state index contributed by atoms with van der Waals surface area (Å²) in [5, 5.41) is 23.3. The van der Waals surface area contributed by atoms with Gasteiger partial charge in [0.25, 0.3) is 0 Å². The van der Waals surface area contributed by atoms with Crippen molar-refractivity contribution in [1.29, 1.82) is 0 Å². The van der Waals surface area contributed by atoms with Gasteiger partial charge in [-0.15, -0.1) is 5.11 Å². The van der Waals surface area contributed by atoms with Crippen LogP contribution in [0.1, 0.15) is 0 Å². The van der Waals surface area contributed by atoms with Crippen molar-refractivity contribution in [2.75, 3.05) is 6.26 Å². The molecular weight excluding hydrogens is 380 g/mol. The SMILES string of the molecule is CS(=O)(=O)c1ccc2[nH]c(O)c(N=Nc3ccc(S(N)(=O)=O)cc3)c2c1. The predicted octanol–water partition coefficient (Wildman–Crippen LogP) is 2.34. The molecule has 0 aliphatic rings. The van der Waals surface area contributed by atoms with Crippen LogP contribution in [-0.4, -0.2) is 33.2 Å². The first-order valence-electron chi connectivity index (χ1n) is 7.15. The number of hydrogen-bond acceptors (Lipinski definition) is 7. The monoisotopic (exact) mass is 394 g/mol. The summed E-state index contributed by atoms with van der Waals surface area (Å²) < 4.78 is 45.9. The van der Waals surface area contributed by atoms with Gasteiger partial charge in [0.15, 0.2) is 15.5 Å². The van der Waals surface area contributed by atoms with Gasteiger partial charge in [-0.25, -0.2) is 22.0 Å². The molecule has 0 atom stereocenters. The fraction of sp³-hybridized carbons (Fsp3) is 0.0667. The van der Waals surface area contributed by atoms with E-state index in [9.17, 15) is 21.9 Å². The topological polar surface area (TPSA) is 155 Å². The number of rotatable bonds is 4. The minimum Gasteiger partial charge on any atom is -0.493 e. The van der Waals surface area contributed by atoms with Gasteiger partial charge in [0.2, 0.25) is 15.9 Å². The summed E-state index contributed by atoms with van der Waals surface area (Å²) in [5.41, 5.74) is 0.889. The number of H-pyrrole nitrogens is 1. The van der Waals surface area contributed by atoms with E-state index in [1.54, 1.807) is 0 Å². The van der Waals surface area contributed by atoms with E-state index in [-0.39, 0.29) is 21.4 Å². The van der Waals surface area contributed by atoms with Crippen LogP contribution in [0, 0.1) is 0 Å². The van der Waals surface area contributed by atoms with Gasteiger partial charge >= 0.3 is 0 Å². The average Bonchev–Trinajstić information content (AvgIpc) is 2.86. The highest BCUT2D eigenvalue weighted by atomic mass is 32.2. The first-order valence-corrected chi connectivity index (χ1v) is 10.6. The number of nitrogens with two attached hydrogens (primary N) is 1. The highest BCUT2D eigenvalue weighted by molar-refractivity contribution is 7.90.